The average Bonchev–Trinajstić information content (AvgIpc) is 3.55. The smallest absolute Gasteiger partial charge is 0.341 e. The Balaban J connectivity index is 1.64. The molecule has 3 aromatic rings. The van der Waals surface area contributed by atoms with Crippen LogP contribution < -0.4 is 10.2 Å². The van der Waals surface area contributed by atoms with Gasteiger partial charge in [-0.3, -0.25) is 4.79 Å². The highest BCUT2D eigenvalue weighted by atomic mass is 32.1. The van der Waals surface area contributed by atoms with Crippen LogP contribution in [0.15, 0.2) is 29.2 Å². The molecule has 5 rings (SSSR count). The van der Waals surface area contributed by atoms with Crippen LogP contribution in [0.5, 0.6) is 5.75 Å². The largest absolute Gasteiger partial charge is 0.494 e. The molecule has 0 radical (unpaired) electrons. The third-order valence-electron chi connectivity index (χ3n) is 8.09. The molecule has 0 spiro atoms. The second kappa shape index (κ2) is 8.85. The maximum Gasteiger partial charge on any atom is 0.341 e. The minimum atomic E-state index is -1.93. The van der Waals surface area contributed by atoms with Crippen molar-refractivity contribution in [3.63, 3.8) is 0 Å². The molecule has 2 aliphatic rings. The molecule has 2 aromatic heterocycles. The van der Waals surface area contributed by atoms with Crippen LogP contribution in [0.3, 0.4) is 0 Å². The Morgan fingerprint density at radius 1 is 1.19 bits per heavy atom. The number of hydrogen-bond donors (Lipinski definition) is 1. The van der Waals surface area contributed by atoms with Crippen molar-refractivity contribution in [1.29, 1.82) is 0 Å². The van der Waals surface area contributed by atoms with Crippen molar-refractivity contribution in [3.05, 3.63) is 50.6 Å². The van der Waals surface area contributed by atoms with Gasteiger partial charge in [-0.25, -0.2) is 4.79 Å². The maximum absolute atomic E-state index is 13.0. The number of ether oxygens (including phenoxy) is 1. The van der Waals surface area contributed by atoms with Gasteiger partial charge in [-0.05, 0) is 74.0 Å². The van der Waals surface area contributed by atoms with Gasteiger partial charge < -0.3 is 18.8 Å². The Hall–Kier alpha value is -2.42. The summed E-state index contributed by atoms with van der Waals surface area (Å²) in [4.78, 5) is 27.3. The van der Waals surface area contributed by atoms with Gasteiger partial charge in [0.2, 0.25) is 5.43 Å². The Kier molecular flexibility index (Phi) is 6.21. The van der Waals surface area contributed by atoms with E-state index in [1.807, 2.05) is 10.6 Å². The molecule has 1 unspecified atom stereocenters. The van der Waals surface area contributed by atoms with E-state index in [2.05, 4.69) is 39.9 Å². The van der Waals surface area contributed by atoms with Crippen molar-refractivity contribution >= 4 is 36.5 Å². The number of aryl methyl sites for hydroxylation is 1. The summed E-state index contributed by atoms with van der Waals surface area (Å²) in [6.07, 6.45) is 6.72. The number of hydrogen-bond acceptors (Lipinski definition) is 5. The molecule has 6 nitrogen and oxygen atoms in total. The number of carboxylic acids is 1. The van der Waals surface area contributed by atoms with E-state index in [-0.39, 0.29) is 22.7 Å². The van der Waals surface area contributed by atoms with Crippen LogP contribution in [0.1, 0.15) is 79.4 Å². The van der Waals surface area contributed by atoms with Gasteiger partial charge in [0.15, 0.2) is 14.1 Å². The first kappa shape index (κ1) is 25.2. The second-order valence-electron chi connectivity index (χ2n) is 11.6. The molecule has 1 saturated carbocycles. The summed E-state index contributed by atoms with van der Waals surface area (Å²) < 4.78 is 14.8. The number of nitrogens with zero attached hydrogens (tertiary/aromatic N) is 1. The normalized spacial score (nSPS) is 18.3. The molecule has 36 heavy (non-hydrogen) atoms. The predicted octanol–water partition coefficient (Wildman–Crippen LogP) is 7.17. The number of aromatic carboxylic acids is 1. The van der Waals surface area contributed by atoms with Crippen LogP contribution in [-0.4, -0.2) is 31.1 Å². The molecule has 0 saturated heterocycles. The molecular weight excluding hydrogens is 490 g/mol. The average molecular weight is 526 g/mol. The Labute approximate surface area is 217 Å². The van der Waals surface area contributed by atoms with E-state index >= 15 is 0 Å². The van der Waals surface area contributed by atoms with Crippen LogP contribution in [0.4, 0.5) is 0 Å². The summed E-state index contributed by atoms with van der Waals surface area (Å²) in [5.74, 6) is -0.563. The fourth-order valence-corrected chi connectivity index (χ4v) is 7.50. The highest BCUT2D eigenvalue weighted by Crippen LogP contribution is 2.49. The zero-order chi connectivity index (χ0) is 26.0. The minimum Gasteiger partial charge on any atom is -0.494 e. The van der Waals surface area contributed by atoms with Gasteiger partial charge >= 0.3 is 5.97 Å². The topological polar surface area (TPSA) is 77.8 Å². The molecule has 0 aliphatic heterocycles. The molecule has 8 heteroatoms. The summed E-state index contributed by atoms with van der Waals surface area (Å²) in [5, 5.41) is 10.1. The fraction of sp³-hybridized carbons (Fsp3) is 0.500. The molecule has 1 aromatic carbocycles. The summed E-state index contributed by atoms with van der Waals surface area (Å²) >= 11 is 1.78. The van der Waals surface area contributed by atoms with E-state index in [1.54, 1.807) is 24.5 Å². The summed E-state index contributed by atoms with van der Waals surface area (Å²) in [7, 11) is -0.298. The van der Waals surface area contributed by atoms with Crippen LogP contribution in [0.25, 0.3) is 21.3 Å². The van der Waals surface area contributed by atoms with Gasteiger partial charge in [-0.15, -0.1) is 11.3 Å². The number of methoxy groups -OCH3 is 1. The van der Waals surface area contributed by atoms with Crippen LogP contribution >= 0.6 is 11.3 Å². The molecule has 1 fully saturated rings. The maximum atomic E-state index is 13.0. The summed E-state index contributed by atoms with van der Waals surface area (Å²) in [6.45, 7) is 11.4. The molecule has 2 heterocycles. The molecule has 192 valence electrons. The number of carbonyl (C=O) groups is 1. The predicted molar refractivity (Wildman–Crippen MR) is 147 cm³/mol. The van der Waals surface area contributed by atoms with Gasteiger partial charge in [0.05, 0.1) is 24.1 Å². The van der Waals surface area contributed by atoms with Crippen molar-refractivity contribution in [3.8, 4) is 16.2 Å². The molecule has 1 atom stereocenters. The highest BCUT2D eigenvalue weighted by molar-refractivity contribution is 7.15. The van der Waals surface area contributed by atoms with E-state index in [1.165, 1.54) is 16.6 Å². The quantitative estimate of drug-likeness (QED) is 0.345. The van der Waals surface area contributed by atoms with Crippen LogP contribution in [-0.2, 0) is 10.8 Å². The lowest BCUT2D eigenvalue weighted by Crippen LogP contribution is -2.42. The number of thiophene rings is 1. The number of fused-ring (bicyclic) bond motifs is 2. The monoisotopic (exact) mass is 525 g/mol. The van der Waals surface area contributed by atoms with Crippen molar-refractivity contribution in [2.24, 2.45) is 0 Å². The standard InChI is InChI=1S/C28H35NO5SSi/c1-28(2,3)36(5,6)34-21-8-7-9-22-19(21)14-23(35-22)17-12-13-18-24(26(17)33-4)29(16-10-11-16)15-20(25(18)30)27(31)32/h12-16,21H,7-11H2,1-6H3,(H,31,32). The molecular formula is C28H35NO5SSi. The summed E-state index contributed by atoms with van der Waals surface area (Å²) in [5.41, 5.74) is 2.25. The number of rotatable bonds is 6. The first-order chi connectivity index (χ1) is 16.9. The highest BCUT2D eigenvalue weighted by Gasteiger charge is 2.40. The zero-order valence-corrected chi connectivity index (χ0v) is 23.8. The van der Waals surface area contributed by atoms with Crippen molar-refractivity contribution in [2.75, 3.05) is 7.11 Å². The van der Waals surface area contributed by atoms with Gasteiger partial charge in [-0.1, -0.05) is 20.8 Å². The van der Waals surface area contributed by atoms with E-state index in [4.69, 9.17) is 9.16 Å². The first-order valence-electron chi connectivity index (χ1n) is 12.7. The van der Waals surface area contributed by atoms with Crippen LogP contribution in [0.2, 0.25) is 18.1 Å². The van der Waals surface area contributed by atoms with Crippen molar-refractivity contribution in [1.82, 2.24) is 4.57 Å². The number of benzene rings is 1. The second-order valence-corrected chi connectivity index (χ2v) is 17.5. The molecule has 1 N–H and O–H groups in total. The first-order valence-corrected chi connectivity index (χ1v) is 16.5. The molecule has 0 amide bonds. The fourth-order valence-electron chi connectivity index (χ4n) is 4.91. The Morgan fingerprint density at radius 2 is 1.92 bits per heavy atom. The zero-order valence-electron chi connectivity index (χ0n) is 21.9. The lowest BCUT2D eigenvalue weighted by atomic mass is 9.95. The number of aromatic nitrogens is 1. The van der Waals surface area contributed by atoms with Gasteiger partial charge in [-0.2, -0.15) is 0 Å². The summed E-state index contributed by atoms with van der Waals surface area (Å²) in [6, 6.07) is 6.12. The molecule has 0 bridgehead atoms. The van der Waals surface area contributed by atoms with Gasteiger partial charge in [0.25, 0.3) is 0 Å². The SMILES string of the molecule is COc1c(-c2cc3c(s2)CCCC3O[Si](C)(C)C(C)(C)C)ccc2c(=O)c(C(=O)O)cn(C3CC3)c12. The Bertz CT molecular complexity index is 1410. The minimum absolute atomic E-state index is 0.105. The van der Waals surface area contributed by atoms with E-state index < -0.39 is 19.7 Å². The third-order valence-corrected chi connectivity index (χ3v) is 13.8. The van der Waals surface area contributed by atoms with Crippen LogP contribution in [0, 0.1) is 0 Å². The number of carboxylic acid groups (broad SMARTS) is 1. The number of pyridine rings is 1. The van der Waals surface area contributed by atoms with Crippen molar-refractivity contribution in [2.45, 2.75) is 83.2 Å². The Morgan fingerprint density at radius 3 is 2.53 bits per heavy atom. The van der Waals surface area contributed by atoms with E-state index in [0.29, 0.717) is 16.7 Å². The van der Waals surface area contributed by atoms with E-state index in [0.717, 1.165) is 42.5 Å². The van der Waals surface area contributed by atoms with Gasteiger partial charge in [0.1, 0.15) is 5.56 Å². The third kappa shape index (κ3) is 4.23. The lowest BCUT2D eigenvalue weighted by molar-refractivity contribution is 0.0694. The van der Waals surface area contributed by atoms with Crippen molar-refractivity contribution < 1.29 is 19.1 Å². The molecule has 2 aliphatic carbocycles. The van der Waals surface area contributed by atoms with Gasteiger partial charge in [0, 0.05) is 27.6 Å². The lowest BCUT2D eigenvalue weighted by Gasteiger charge is -2.40. The van der Waals surface area contributed by atoms with E-state index in [9.17, 15) is 14.7 Å².